The molecule has 3 unspecified atom stereocenters. The lowest BCUT2D eigenvalue weighted by Crippen LogP contribution is -2.28. The Bertz CT molecular complexity index is 338. The van der Waals surface area contributed by atoms with E-state index in [4.69, 9.17) is 0 Å². The molecule has 0 spiro atoms. The molecule has 0 amide bonds. The second kappa shape index (κ2) is 3.63. The van der Waals surface area contributed by atoms with Crippen molar-refractivity contribution in [3.8, 4) is 0 Å². The SMILES string of the molecule is CC1CC1n1cncc1C1CCCCN1. The smallest absolute Gasteiger partial charge is 0.0951 e. The Hall–Kier alpha value is -0.830. The van der Waals surface area contributed by atoms with Crippen molar-refractivity contribution in [3.63, 3.8) is 0 Å². The predicted molar refractivity (Wildman–Crippen MR) is 59.6 cm³/mol. The van der Waals surface area contributed by atoms with Crippen molar-refractivity contribution >= 4 is 0 Å². The van der Waals surface area contributed by atoms with E-state index in [0.29, 0.717) is 6.04 Å². The normalized spacial score (nSPS) is 35.4. The van der Waals surface area contributed by atoms with E-state index in [1.54, 1.807) is 0 Å². The minimum Gasteiger partial charge on any atom is -0.330 e. The second-order valence-electron chi connectivity index (χ2n) is 5.01. The summed E-state index contributed by atoms with van der Waals surface area (Å²) in [7, 11) is 0. The number of piperidine rings is 1. The van der Waals surface area contributed by atoms with E-state index in [2.05, 4.69) is 21.8 Å². The third kappa shape index (κ3) is 1.69. The summed E-state index contributed by atoms with van der Waals surface area (Å²) < 4.78 is 2.40. The highest BCUT2D eigenvalue weighted by Gasteiger charge is 2.36. The lowest BCUT2D eigenvalue weighted by atomic mass is 10.0. The molecule has 1 aromatic heterocycles. The molecular weight excluding hydrogens is 186 g/mol. The maximum atomic E-state index is 4.32. The first-order valence-electron chi connectivity index (χ1n) is 6.11. The van der Waals surface area contributed by atoms with Crippen molar-refractivity contribution in [1.82, 2.24) is 14.9 Å². The molecule has 2 heterocycles. The Morgan fingerprint density at radius 2 is 2.33 bits per heavy atom. The predicted octanol–water partition coefficient (Wildman–Crippen LogP) is 2.28. The van der Waals surface area contributed by atoms with E-state index >= 15 is 0 Å². The summed E-state index contributed by atoms with van der Waals surface area (Å²) in [4.78, 5) is 4.32. The van der Waals surface area contributed by atoms with Gasteiger partial charge in [-0.1, -0.05) is 13.3 Å². The van der Waals surface area contributed by atoms with Crippen molar-refractivity contribution in [2.75, 3.05) is 6.54 Å². The number of nitrogens with one attached hydrogen (secondary N) is 1. The van der Waals surface area contributed by atoms with Gasteiger partial charge in [-0.05, 0) is 31.7 Å². The minimum atomic E-state index is 0.550. The van der Waals surface area contributed by atoms with Gasteiger partial charge in [-0.25, -0.2) is 4.98 Å². The van der Waals surface area contributed by atoms with Crippen LogP contribution < -0.4 is 5.32 Å². The molecule has 3 nitrogen and oxygen atoms in total. The van der Waals surface area contributed by atoms with E-state index in [-0.39, 0.29) is 0 Å². The average Bonchev–Trinajstić information content (AvgIpc) is 2.82. The van der Waals surface area contributed by atoms with Crippen molar-refractivity contribution in [1.29, 1.82) is 0 Å². The molecule has 1 aliphatic carbocycles. The fraction of sp³-hybridized carbons (Fsp3) is 0.750. The standard InChI is InChI=1S/C12H19N3/c1-9-6-11(9)15-8-13-7-12(15)10-4-2-3-5-14-10/h7-11,14H,2-6H2,1H3. The number of nitrogens with zero attached hydrogens (tertiary/aromatic N) is 2. The third-order valence-corrected chi connectivity index (χ3v) is 3.79. The highest BCUT2D eigenvalue weighted by atomic mass is 15.1. The average molecular weight is 205 g/mol. The van der Waals surface area contributed by atoms with E-state index < -0.39 is 0 Å². The van der Waals surface area contributed by atoms with Crippen LogP contribution in [0.4, 0.5) is 0 Å². The van der Waals surface area contributed by atoms with E-state index in [0.717, 1.165) is 18.5 Å². The lowest BCUT2D eigenvalue weighted by Gasteiger charge is -2.24. The van der Waals surface area contributed by atoms with Crippen LogP contribution in [0, 0.1) is 5.92 Å². The number of hydrogen-bond donors (Lipinski definition) is 1. The Labute approximate surface area is 90.9 Å². The molecule has 1 saturated heterocycles. The van der Waals surface area contributed by atoms with Crippen LogP contribution in [0.25, 0.3) is 0 Å². The van der Waals surface area contributed by atoms with Crippen LogP contribution in [0.2, 0.25) is 0 Å². The fourth-order valence-corrected chi connectivity index (χ4v) is 2.66. The summed E-state index contributed by atoms with van der Waals surface area (Å²) in [6.07, 6.45) is 9.34. The zero-order chi connectivity index (χ0) is 10.3. The van der Waals surface area contributed by atoms with E-state index in [1.165, 1.54) is 31.4 Å². The molecule has 2 aliphatic rings. The molecule has 2 fully saturated rings. The zero-order valence-corrected chi connectivity index (χ0v) is 9.32. The Kier molecular flexibility index (Phi) is 2.28. The van der Waals surface area contributed by atoms with Crippen molar-refractivity contribution in [2.24, 2.45) is 5.92 Å². The van der Waals surface area contributed by atoms with Gasteiger partial charge >= 0.3 is 0 Å². The van der Waals surface area contributed by atoms with Crippen LogP contribution in [0.5, 0.6) is 0 Å². The Morgan fingerprint density at radius 3 is 3.00 bits per heavy atom. The van der Waals surface area contributed by atoms with Gasteiger partial charge in [0.25, 0.3) is 0 Å². The van der Waals surface area contributed by atoms with Crippen LogP contribution in [0.3, 0.4) is 0 Å². The molecule has 1 saturated carbocycles. The molecule has 3 rings (SSSR count). The Morgan fingerprint density at radius 1 is 1.47 bits per heavy atom. The van der Waals surface area contributed by atoms with E-state index in [9.17, 15) is 0 Å². The minimum absolute atomic E-state index is 0.550. The van der Waals surface area contributed by atoms with Crippen LogP contribution in [0.15, 0.2) is 12.5 Å². The maximum absolute atomic E-state index is 4.32. The summed E-state index contributed by atoms with van der Waals surface area (Å²) >= 11 is 0. The van der Waals surface area contributed by atoms with Gasteiger partial charge in [0, 0.05) is 18.3 Å². The third-order valence-electron chi connectivity index (χ3n) is 3.79. The molecule has 1 N–H and O–H groups in total. The number of aromatic nitrogens is 2. The topological polar surface area (TPSA) is 29.9 Å². The van der Waals surface area contributed by atoms with Crippen molar-refractivity contribution < 1.29 is 0 Å². The molecule has 15 heavy (non-hydrogen) atoms. The summed E-state index contributed by atoms with van der Waals surface area (Å²) in [5, 5.41) is 3.60. The first-order chi connectivity index (χ1) is 7.36. The molecule has 3 heteroatoms. The summed E-state index contributed by atoms with van der Waals surface area (Å²) in [6.45, 7) is 3.48. The molecule has 82 valence electrons. The number of hydrogen-bond acceptors (Lipinski definition) is 2. The molecule has 1 aromatic rings. The first kappa shape index (κ1) is 9.40. The van der Waals surface area contributed by atoms with Crippen molar-refractivity contribution in [2.45, 2.75) is 44.7 Å². The van der Waals surface area contributed by atoms with Crippen LogP contribution in [-0.4, -0.2) is 16.1 Å². The largest absolute Gasteiger partial charge is 0.330 e. The van der Waals surface area contributed by atoms with Gasteiger partial charge in [0.15, 0.2) is 0 Å². The first-order valence-corrected chi connectivity index (χ1v) is 6.11. The summed E-state index contributed by atoms with van der Waals surface area (Å²) in [5.41, 5.74) is 1.41. The van der Waals surface area contributed by atoms with Gasteiger partial charge in [-0.2, -0.15) is 0 Å². The highest BCUT2D eigenvalue weighted by Crippen LogP contribution is 2.44. The van der Waals surface area contributed by atoms with Gasteiger partial charge in [0.1, 0.15) is 0 Å². The summed E-state index contributed by atoms with van der Waals surface area (Å²) in [6, 6.07) is 1.28. The maximum Gasteiger partial charge on any atom is 0.0951 e. The van der Waals surface area contributed by atoms with Gasteiger partial charge < -0.3 is 9.88 Å². The van der Waals surface area contributed by atoms with Crippen LogP contribution >= 0.6 is 0 Å². The molecule has 3 atom stereocenters. The zero-order valence-electron chi connectivity index (χ0n) is 9.32. The van der Waals surface area contributed by atoms with Gasteiger partial charge in [-0.15, -0.1) is 0 Å². The molecule has 1 aliphatic heterocycles. The van der Waals surface area contributed by atoms with Gasteiger partial charge in [0.05, 0.1) is 12.0 Å². The highest BCUT2D eigenvalue weighted by molar-refractivity contribution is 5.10. The molecular formula is C12H19N3. The monoisotopic (exact) mass is 205 g/mol. The van der Waals surface area contributed by atoms with Gasteiger partial charge in [-0.3, -0.25) is 0 Å². The quantitative estimate of drug-likeness (QED) is 0.802. The lowest BCUT2D eigenvalue weighted by molar-refractivity contribution is 0.392. The molecule has 0 radical (unpaired) electrons. The van der Waals surface area contributed by atoms with Gasteiger partial charge in [0.2, 0.25) is 0 Å². The van der Waals surface area contributed by atoms with Crippen LogP contribution in [-0.2, 0) is 0 Å². The van der Waals surface area contributed by atoms with E-state index in [1.807, 2.05) is 12.5 Å². The number of imidazole rings is 1. The molecule has 0 aromatic carbocycles. The molecule has 0 bridgehead atoms. The summed E-state index contributed by atoms with van der Waals surface area (Å²) in [5.74, 6) is 0.849. The number of rotatable bonds is 2. The van der Waals surface area contributed by atoms with Crippen molar-refractivity contribution in [3.05, 3.63) is 18.2 Å². The Balaban J connectivity index is 1.81. The van der Waals surface area contributed by atoms with Crippen LogP contribution in [0.1, 0.15) is 50.4 Å². The second-order valence-corrected chi connectivity index (χ2v) is 5.01. The fourth-order valence-electron chi connectivity index (χ4n) is 2.66.